The number of anilines is 1. The minimum Gasteiger partial charge on any atom is -0.481 e. The van der Waals surface area contributed by atoms with Gasteiger partial charge in [0, 0.05) is 19.5 Å². The Kier molecular flexibility index (Phi) is 6.60. The number of hydrogen-bond donors (Lipinski definition) is 4. The molecule has 3 aromatic rings. The van der Waals surface area contributed by atoms with Gasteiger partial charge in [-0.3, -0.25) is 19.6 Å². The van der Waals surface area contributed by atoms with Crippen LogP contribution < -0.4 is 10.6 Å². The number of aliphatic hydroxyl groups excluding tert-OH is 1. The summed E-state index contributed by atoms with van der Waals surface area (Å²) in [6.07, 6.45) is -1.22. The molecule has 1 atom stereocenters. The molecule has 4 rings (SSSR count). The maximum absolute atomic E-state index is 12.6. The summed E-state index contributed by atoms with van der Waals surface area (Å²) in [5.74, 6) is -1.79. The smallest absolute Gasteiger partial charge is 0.412 e. The van der Waals surface area contributed by atoms with Crippen molar-refractivity contribution in [1.29, 1.82) is 0 Å². The van der Waals surface area contributed by atoms with Crippen molar-refractivity contribution >= 4 is 23.8 Å². The Morgan fingerprint density at radius 3 is 2.32 bits per heavy atom. The van der Waals surface area contributed by atoms with Gasteiger partial charge in [-0.05, 0) is 22.3 Å². The van der Waals surface area contributed by atoms with Gasteiger partial charge < -0.3 is 20.3 Å². The van der Waals surface area contributed by atoms with Crippen LogP contribution in [-0.2, 0) is 16.6 Å². The molecule has 1 aliphatic rings. The molecule has 10 heteroatoms. The Labute approximate surface area is 195 Å². The lowest BCUT2D eigenvalue weighted by Crippen LogP contribution is -2.33. The number of aliphatic hydroxyl groups is 1. The van der Waals surface area contributed by atoms with Gasteiger partial charge in [-0.15, -0.1) is 0 Å². The number of hydrogen-bond acceptors (Lipinski definition) is 6. The number of amides is 2. The van der Waals surface area contributed by atoms with E-state index in [2.05, 4.69) is 15.7 Å². The van der Waals surface area contributed by atoms with Crippen LogP contribution in [0, 0.1) is 0 Å². The van der Waals surface area contributed by atoms with E-state index >= 15 is 0 Å². The molecule has 176 valence electrons. The van der Waals surface area contributed by atoms with Crippen molar-refractivity contribution in [1.82, 2.24) is 15.1 Å². The SMILES string of the molecule is Cn1ncc(C(=O)NCC(O)CC(=O)O)c1NC(=O)OCC1c2ccccc2-c2ccccc21. The first-order valence-corrected chi connectivity index (χ1v) is 10.7. The molecule has 0 fully saturated rings. The summed E-state index contributed by atoms with van der Waals surface area (Å²) in [6, 6.07) is 16.0. The van der Waals surface area contributed by atoms with E-state index < -0.39 is 30.5 Å². The number of benzene rings is 2. The number of nitrogens with one attached hydrogen (secondary N) is 2. The highest BCUT2D eigenvalue weighted by Gasteiger charge is 2.29. The van der Waals surface area contributed by atoms with Crippen molar-refractivity contribution in [2.24, 2.45) is 7.05 Å². The third kappa shape index (κ3) is 4.76. The fraction of sp³-hybridized carbons (Fsp3) is 0.250. The second-order valence-corrected chi connectivity index (χ2v) is 7.94. The van der Waals surface area contributed by atoms with Crippen molar-refractivity contribution in [2.45, 2.75) is 18.4 Å². The van der Waals surface area contributed by atoms with Crippen molar-refractivity contribution in [3.63, 3.8) is 0 Å². The molecule has 0 saturated carbocycles. The van der Waals surface area contributed by atoms with E-state index in [1.54, 1.807) is 7.05 Å². The van der Waals surface area contributed by atoms with Gasteiger partial charge in [0.15, 0.2) is 0 Å². The van der Waals surface area contributed by atoms with Crippen molar-refractivity contribution in [3.05, 3.63) is 71.4 Å². The normalized spacial score (nSPS) is 13.0. The topological polar surface area (TPSA) is 143 Å². The summed E-state index contributed by atoms with van der Waals surface area (Å²) in [5, 5.41) is 27.3. The number of aromatic nitrogens is 2. The minimum atomic E-state index is -1.24. The molecule has 4 N–H and O–H groups in total. The Hall–Kier alpha value is -4.18. The average molecular weight is 464 g/mol. The Balaban J connectivity index is 1.40. The second kappa shape index (κ2) is 9.75. The number of rotatable bonds is 8. The maximum Gasteiger partial charge on any atom is 0.412 e. The van der Waals surface area contributed by atoms with Crippen LogP contribution in [0.3, 0.4) is 0 Å². The van der Waals surface area contributed by atoms with Crippen molar-refractivity contribution < 1.29 is 29.3 Å². The average Bonchev–Trinajstić information content (AvgIpc) is 3.33. The second-order valence-electron chi connectivity index (χ2n) is 7.94. The number of fused-ring (bicyclic) bond motifs is 3. The molecule has 0 saturated heterocycles. The van der Waals surface area contributed by atoms with Crippen LogP contribution in [0.4, 0.5) is 10.6 Å². The number of carbonyl (C=O) groups is 3. The molecule has 0 spiro atoms. The van der Waals surface area contributed by atoms with Gasteiger partial charge in [0.2, 0.25) is 0 Å². The van der Waals surface area contributed by atoms with Gasteiger partial charge in [-0.2, -0.15) is 5.10 Å². The first-order chi connectivity index (χ1) is 16.3. The number of aryl methyl sites for hydroxylation is 1. The lowest BCUT2D eigenvalue weighted by Gasteiger charge is -2.15. The molecular formula is C24H24N4O6. The monoisotopic (exact) mass is 464 g/mol. The van der Waals surface area contributed by atoms with Crippen LogP contribution in [0.25, 0.3) is 11.1 Å². The van der Waals surface area contributed by atoms with E-state index in [9.17, 15) is 19.5 Å². The molecule has 0 bridgehead atoms. The number of ether oxygens (including phenoxy) is 1. The van der Waals surface area contributed by atoms with Crippen LogP contribution in [0.1, 0.15) is 33.8 Å². The summed E-state index contributed by atoms with van der Waals surface area (Å²) in [5.41, 5.74) is 4.44. The van der Waals surface area contributed by atoms with Gasteiger partial charge in [0.1, 0.15) is 18.0 Å². The third-order valence-corrected chi connectivity index (χ3v) is 5.66. The zero-order valence-corrected chi connectivity index (χ0v) is 18.4. The van der Waals surface area contributed by atoms with Crippen molar-refractivity contribution in [2.75, 3.05) is 18.5 Å². The summed E-state index contributed by atoms with van der Waals surface area (Å²) in [7, 11) is 1.55. The van der Waals surface area contributed by atoms with Gasteiger partial charge >= 0.3 is 12.1 Å². The Bertz CT molecular complexity index is 1190. The molecule has 2 aromatic carbocycles. The van der Waals surface area contributed by atoms with Crippen molar-refractivity contribution in [3.8, 4) is 11.1 Å². The molecule has 1 aromatic heterocycles. The standard InChI is InChI=1S/C24H24N4O6/c1-28-22(19(12-26-28)23(32)25-11-14(29)10-21(30)31)27-24(33)34-13-20-17-8-4-2-6-15(17)16-7-3-5-9-18(16)20/h2-9,12,14,20,29H,10-11,13H2,1H3,(H,25,32)(H,27,33)(H,30,31). The van der Waals surface area contributed by atoms with Crippen LogP contribution in [0.15, 0.2) is 54.7 Å². The van der Waals surface area contributed by atoms with Gasteiger partial charge in [-0.1, -0.05) is 48.5 Å². The summed E-state index contributed by atoms with van der Waals surface area (Å²) in [4.78, 5) is 35.7. The number of nitrogens with zero attached hydrogens (tertiary/aromatic N) is 2. The zero-order chi connectivity index (χ0) is 24.2. The van der Waals surface area contributed by atoms with E-state index in [-0.39, 0.29) is 30.5 Å². The highest BCUT2D eigenvalue weighted by atomic mass is 16.5. The fourth-order valence-electron chi connectivity index (χ4n) is 4.06. The highest BCUT2D eigenvalue weighted by molar-refractivity contribution is 6.01. The quantitative estimate of drug-likeness (QED) is 0.401. The van der Waals surface area contributed by atoms with E-state index in [4.69, 9.17) is 9.84 Å². The van der Waals surface area contributed by atoms with E-state index in [0.29, 0.717) is 0 Å². The van der Waals surface area contributed by atoms with Crippen LogP contribution in [0.5, 0.6) is 0 Å². The Morgan fingerprint density at radius 2 is 1.71 bits per heavy atom. The Morgan fingerprint density at radius 1 is 1.09 bits per heavy atom. The molecular weight excluding hydrogens is 440 g/mol. The molecule has 2 amide bonds. The third-order valence-electron chi connectivity index (χ3n) is 5.66. The molecule has 10 nitrogen and oxygen atoms in total. The lowest BCUT2D eigenvalue weighted by molar-refractivity contribution is -0.139. The van der Waals surface area contributed by atoms with Crippen LogP contribution >= 0.6 is 0 Å². The first kappa shape index (κ1) is 23.0. The molecule has 0 aliphatic heterocycles. The van der Waals surface area contributed by atoms with E-state index in [0.717, 1.165) is 22.3 Å². The van der Waals surface area contributed by atoms with Crippen LogP contribution in [0.2, 0.25) is 0 Å². The predicted molar refractivity (Wildman–Crippen MR) is 122 cm³/mol. The largest absolute Gasteiger partial charge is 0.481 e. The zero-order valence-electron chi connectivity index (χ0n) is 18.4. The minimum absolute atomic E-state index is 0.0542. The number of carboxylic acids is 1. The summed E-state index contributed by atoms with van der Waals surface area (Å²) >= 11 is 0. The van der Waals surface area contributed by atoms with Gasteiger partial charge in [-0.25, -0.2) is 4.79 Å². The van der Waals surface area contributed by atoms with E-state index in [1.165, 1.54) is 10.9 Å². The van der Waals surface area contributed by atoms with Gasteiger partial charge in [0.05, 0.1) is 18.7 Å². The van der Waals surface area contributed by atoms with Crippen LogP contribution in [-0.4, -0.2) is 57.2 Å². The number of carboxylic acid groups (broad SMARTS) is 1. The fourth-order valence-corrected chi connectivity index (χ4v) is 4.06. The highest BCUT2D eigenvalue weighted by Crippen LogP contribution is 2.44. The molecule has 34 heavy (non-hydrogen) atoms. The number of aliphatic carboxylic acids is 1. The molecule has 1 aliphatic carbocycles. The van der Waals surface area contributed by atoms with E-state index in [1.807, 2.05) is 48.5 Å². The molecule has 1 unspecified atom stereocenters. The maximum atomic E-state index is 12.6. The van der Waals surface area contributed by atoms with Gasteiger partial charge in [0.25, 0.3) is 5.91 Å². The molecule has 0 radical (unpaired) electrons. The predicted octanol–water partition coefficient (Wildman–Crippen LogP) is 2.35. The number of carbonyl (C=O) groups excluding carboxylic acids is 2. The summed E-state index contributed by atoms with van der Waals surface area (Å²) < 4.78 is 6.83. The molecule has 1 heterocycles. The lowest BCUT2D eigenvalue weighted by atomic mass is 9.98. The first-order valence-electron chi connectivity index (χ1n) is 10.7. The summed E-state index contributed by atoms with van der Waals surface area (Å²) in [6.45, 7) is -0.148.